The lowest BCUT2D eigenvalue weighted by Crippen LogP contribution is -2.13. The van der Waals surface area contributed by atoms with E-state index in [-0.39, 0.29) is 11.9 Å². The molecule has 1 aromatic rings. The van der Waals surface area contributed by atoms with Crippen molar-refractivity contribution in [2.24, 2.45) is 5.92 Å². The molecule has 0 fully saturated rings. The van der Waals surface area contributed by atoms with Gasteiger partial charge < -0.3 is 5.11 Å². The zero-order valence-electron chi connectivity index (χ0n) is 11.3. The van der Waals surface area contributed by atoms with E-state index in [2.05, 4.69) is 13.8 Å². The summed E-state index contributed by atoms with van der Waals surface area (Å²) in [6.45, 7) is 5.77. The average Bonchev–Trinajstić information content (AvgIpc) is 2.28. The minimum atomic E-state index is -3.12. The van der Waals surface area contributed by atoms with Gasteiger partial charge in [0.25, 0.3) is 0 Å². The van der Waals surface area contributed by atoms with E-state index in [1.54, 1.807) is 31.2 Å². The summed E-state index contributed by atoms with van der Waals surface area (Å²) in [6.07, 6.45) is 0.971. The number of sulfone groups is 1. The van der Waals surface area contributed by atoms with Crippen LogP contribution in [0, 0.1) is 5.92 Å². The lowest BCUT2D eigenvalue weighted by molar-refractivity contribution is 0.149. The van der Waals surface area contributed by atoms with Gasteiger partial charge in [-0.15, -0.1) is 0 Å². The lowest BCUT2D eigenvalue weighted by atomic mass is 10.00. The molecule has 4 heteroatoms. The SMILES string of the molecule is CCS(=O)(=O)c1ccc(CC(O)CC(C)C)cc1. The van der Waals surface area contributed by atoms with Crippen molar-refractivity contribution in [2.45, 2.75) is 44.6 Å². The van der Waals surface area contributed by atoms with E-state index in [0.717, 1.165) is 12.0 Å². The van der Waals surface area contributed by atoms with Crippen LogP contribution in [-0.4, -0.2) is 25.4 Å². The zero-order chi connectivity index (χ0) is 13.8. The molecule has 1 aromatic carbocycles. The van der Waals surface area contributed by atoms with E-state index in [4.69, 9.17) is 0 Å². The molecule has 0 amide bonds. The molecule has 3 nitrogen and oxygen atoms in total. The summed E-state index contributed by atoms with van der Waals surface area (Å²) in [5.41, 5.74) is 0.971. The molecule has 0 saturated carbocycles. The molecule has 1 atom stereocenters. The predicted molar refractivity (Wildman–Crippen MR) is 73.3 cm³/mol. The Balaban J connectivity index is 2.72. The van der Waals surface area contributed by atoms with Crippen LogP contribution >= 0.6 is 0 Å². The first-order valence-corrected chi connectivity index (χ1v) is 8.00. The Morgan fingerprint density at radius 1 is 1.17 bits per heavy atom. The fraction of sp³-hybridized carbons (Fsp3) is 0.571. The number of aliphatic hydroxyl groups excluding tert-OH is 1. The molecule has 18 heavy (non-hydrogen) atoms. The molecular weight excluding hydrogens is 248 g/mol. The normalized spacial score (nSPS) is 13.8. The molecule has 0 aliphatic carbocycles. The number of rotatable bonds is 6. The Labute approximate surface area is 110 Å². The number of benzene rings is 1. The Morgan fingerprint density at radius 2 is 1.72 bits per heavy atom. The third-order valence-electron chi connectivity index (χ3n) is 2.88. The minimum Gasteiger partial charge on any atom is -0.393 e. The van der Waals surface area contributed by atoms with Gasteiger partial charge in [-0.3, -0.25) is 0 Å². The molecule has 0 spiro atoms. The van der Waals surface area contributed by atoms with Crippen LogP contribution in [0.1, 0.15) is 32.8 Å². The van der Waals surface area contributed by atoms with Gasteiger partial charge in [-0.2, -0.15) is 0 Å². The summed E-state index contributed by atoms with van der Waals surface area (Å²) in [4.78, 5) is 0.354. The second-order valence-electron chi connectivity index (χ2n) is 5.03. The van der Waals surface area contributed by atoms with E-state index >= 15 is 0 Å². The van der Waals surface area contributed by atoms with Crippen LogP contribution in [0.2, 0.25) is 0 Å². The summed E-state index contributed by atoms with van der Waals surface area (Å²) < 4.78 is 23.3. The molecule has 0 heterocycles. The second-order valence-corrected chi connectivity index (χ2v) is 7.31. The molecule has 1 rings (SSSR count). The fourth-order valence-corrected chi connectivity index (χ4v) is 2.78. The van der Waals surface area contributed by atoms with Gasteiger partial charge in [0, 0.05) is 0 Å². The van der Waals surface area contributed by atoms with E-state index in [9.17, 15) is 13.5 Å². The van der Waals surface area contributed by atoms with Crippen LogP contribution in [0.4, 0.5) is 0 Å². The quantitative estimate of drug-likeness (QED) is 0.863. The first kappa shape index (κ1) is 15.2. The van der Waals surface area contributed by atoms with Crippen molar-refractivity contribution in [1.29, 1.82) is 0 Å². The van der Waals surface area contributed by atoms with Crippen LogP contribution < -0.4 is 0 Å². The van der Waals surface area contributed by atoms with Crippen LogP contribution in [0.3, 0.4) is 0 Å². The summed E-state index contributed by atoms with van der Waals surface area (Å²) in [5, 5.41) is 9.83. The highest BCUT2D eigenvalue weighted by atomic mass is 32.2. The van der Waals surface area contributed by atoms with Crippen LogP contribution in [0.25, 0.3) is 0 Å². The second kappa shape index (κ2) is 6.34. The number of aliphatic hydroxyl groups is 1. The maximum absolute atomic E-state index is 11.6. The van der Waals surface area contributed by atoms with Crippen LogP contribution in [-0.2, 0) is 16.3 Å². The monoisotopic (exact) mass is 270 g/mol. The van der Waals surface area contributed by atoms with E-state index in [0.29, 0.717) is 17.2 Å². The highest BCUT2D eigenvalue weighted by Gasteiger charge is 2.12. The standard InChI is InChI=1S/C14H22O3S/c1-4-18(16,17)14-7-5-12(6-8-14)10-13(15)9-11(2)3/h5-8,11,13,15H,4,9-10H2,1-3H3. The van der Waals surface area contributed by atoms with Gasteiger partial charge in [-0.25, -0.2) is 8.42 Å². The van der Waals surface area contributed by atoms with Crippen molar-refractivity contribution in [3.05, 3.63) is 29.8 Å². The highest BCUT2D eigenvalue weighted by Crippen LogP contribution is 2.15. The molecule has 0 saturated heterocycles. The first-order chi connectivity index (χ1) is 8.35. The maximum atomic E-state index is 11.6. The smallest absolute Gasteiger partial charge is 0.178 e. The molecular formula is C14H22O3S. The number of hydrogen-bond acceptors (Lipinski definition) is 3. The van der Waals surface area contributed by atoms with Gasteiger partial charge in [-0.05, 0) is 36.5 Å². The Bertz CT molecular complexity index is 460. The van der Waals surface area contributed by atoms with Gasteiger partial charge in [0.05, 0.1) is 16.8 Å². The van der Waals surface area contributed by atoms with E-state index < -0.39 is 9.84 Å². The summed E-state index contributed by atoms with van der Waals surface area (Å²) in [6, 6.07) is 6.81. The molecule has 0 radical (unpaired) electrons. The third kappa shape index (κ3) is 4.42. The Hall–Kier alpha value is -0.870. The van der Waals surface area contributed by atoms with Gasteiger partial charge in [0.15, 0.2) is 9.84 Å². The van der Waals surface area contributed by atoms with Crippen LogP contribution in [0.5, 0.6) is 0 Å². The van der Waals surface area contributed by atoms with Crippen molar-refractivity contribution in [1.82, 2.24) is 0 Å². The van der Waals surface area contributed by atoms with Crippen molar-refractivity contribution in [3.8, 4) is 0 Å². The average molecular weight is 270 g/mol. The van der Waals surface area contributed by atoms with Gasteiger partial charge in [0.2, 0.25) is 0 Å². The lowest BCUT2D eigenvalue weighted by Gasteiger charge is -2.13. The maximum Gasteiger partial charge on any atom is 0.178 e. The molecule has 1 N–H and O–H groups in total. The Kier molecular flexibility index (Phi) is 5.35. The summed E-state index contributed by atoms with van der Waals surface area (Å²) in [5.74, 6) is 0.572. The Morgan fingerprint density at radius 3 is 2.17 bits per heavy atom. The van der Waals surface area contributed by atoms with Crippen molar-refractivity contribution in [2.75, 3.05) is 5.75 Å². The van der Waals surface area contributed by atoms with Gasteiger partial charge in [0.1, 0.15) is 0 Å². The van der Waals surface area contributed by atoms with Crippen molar-refractivity contribution < 1.29 is 13.5 Å². The van der Waals surface area contributed by atoms with Gasteiger partial charge >= 0.3 is 0 Å². The molecule has 0 aliphatic rings. The zero-order valence-corrected chi connectivity index (χ0v) is 12.1. The van der Waals surface area contributed by atoms with E-state index in [1.807, 2.05) is 0 Å². The third-order valence-corrected chi connectivity index (χ3v) is 4.63. The molecule has 1 unspecified atom stereocenters. The molecule has 102 valence electrons. The highest BCUT2D eigenvalue weighted by molar-refractivity contribution is 7.91. The number of hydrogen-bond donors (Lipinski definition) is 1. The molecule has 0 aromatic heterocycles. The topological polar surface area (TPSA) is 54.4 Å². The predicted octanol–water partition coefficient (Wildman–Crippen LogP) is 2.43. The first-order valence-electron chi connectivity index (χ1n) is 6.35. The van der Waals surface area contributed by atoms with E-state index in [1.165, 1.54) is 0 Å². The molecule has 0 bridgehead atoms. The summed E-state index contributed by atoms with van der Waals surface area (Å²) in [7, 11) is -3.12. The summed E-state index contributed by atoms with van der Waals surface area (Å²) >= 11 is 0. The van der Waals surface area contributed by atoms with Gasteiger partial charge in [-0.1, -0.05) is 32.9 Å². The largest absolute Gasteiger partial charge is 0.393 e. The van der Waals surface area contributed by atoms with Crippen molar-refractivity contribution in [3.63, 3.8) is 0 Å². The minimum absolute atomic E-state index is 0.113. The van der Waals surface area contributed by atoms with Crippen LogP contribution in [0.15, 0.2) is 29.2 Å². The fourth-order valence-electron chi connectivity index (χ4n) is 1.90. The van der Waals surface area contributed by atoms with Crippen molar-refractivity contribution >= 4 is 9.84 Å². The molecule has 0 aliphatic heterocycles.